The van der Waals surface area contributed by atoms with Gasteiger partial charge in [-0.2, -0.15) is 0 Å². The molecule has 1 heterocycles. The molecule has 0 aliphatic heterocycles. The lowest BCUT2D eigenvalue weighted by atomic mass is 9.62. The monoisotopic (exact) mass is 213 g/mol. The Morgan fingerprint density at radius 3 is 2.62 bits per heavy atom. The number of rotatable bonds is 4. The second-order valence-electron chi connectivity index (χ2n) is 3.89. The highest BCUT2D eigenvalue weighted by Crippen LogP contribution is 2.24. The summed E-state index contributed by atoms with van der Waals surface area (Å²) in [5, 5.41) is 1.13. The highest BCUT2D eigenvalue weighted by atomic mass is 16.4. The zero-order valence-electron chi connectivity index (χ0n) is 9.81. The minimum Gasteiger partial charge on any atom is -0.559 e. The molecule has 2 rings (SSSR count). The van der Waals surface area contributed by atoms with E-state index in [0.717, 1.165) is 29.3 Å². The first kappa shape index (κ1) is 11.0. The van der Waals surface area contributed by atoms with Crippen LogP contribution in [0.2, 0.25) is 12.6 Å². The predicted octanol–water partition coefficient (Wildman–Crippen LogP) is 3.64. The fourth-order valence-corrected chi connectivity index (χ4v) is 1.81. The SMILES string of the molecule is CCB(CC)Oc1cccc2cccnc12. The molecule has 0 saturated heterocycles. The maximum absolute atomic E-state index is 5.96. The van der Waals surface area contributed by atoms with Gasteiger partial charge in [-0.25, -0.2) is 0 Å². The molecular weight excluding hydrogens is 197 g/mol. The molecule has 1 aromatic heterocycles. The normalized spacial score (nSPS) is 10.4. The molecule has 0 unspecified atom stereocenters. The molecule has 0 aliphatic carbocycles. The van der Waals surface area contributed by atoms with Crippen LogP contribution in [0.5, 0.6) is 5.75 Å². The van der Waals surface area contributed by atoms with Crippen molar-refractivity contribution in [2.75, 3.05) is 0 Å². The molecule has 0 radical (unpaired) electrons. The Labute approximate surface area is 96.8 Å². The molecule has 82 valence electrons. The highest BCUT2D eigenvalue weighted by molar-refractivity contribution is 6.52. The van der Waals surface area contributed by atoms with Crippen LogP contribution in [0.3, 0.4) is 0 Å². The number of aromatic nitrogens is 1. The van der Waals surface area contributed by atoms with Crippen LogP contribution in [0.15, 0.2) is 36.5 Å². The van der Waals surface area contributed by atoms with Crippen molar-refractivity contribution in [2.45, 2.75) is 26.5 Å². The standard InChI is InChI=1S/C13H16BNO/c1-3-14(4-2)16-12-9-5-7-11-8-6-10-15-13(11)12/h5-10H,3-4H2,1-2H3. The fraction of sp³-hybridized carbons (Fsp3) is 0.308. The van der Waals surface area contributed by atoms with Crippen LogP contribution in [-0.4, -0.2) is 11.9 Å². The van der Waals surface area contributed by atoms with Crippen LogP contribution in [0.25, 0.3) is 10.9 Å². The van der Waals surface area contributed by atoms with E-state index < -0.39 is 0 Å². The third-order valence-corrected chi connectivity index (χ3v) is 2.80. The number of benzene rings is 1. The van der Waals surface area contributed by atoms with Gasteiger partial charge < -0.3 is 4.65 Å². The van der Waals surface area contributed by atoms with Crippen molar-refractivity contribution in [3.63, 3.8) is 0 Å². The van der Waals surface area contributed by atoms with Gasteiger partial charge in [0, 0.05) is 11.6 Å². The van der Waals surface area contributed by atoms with Crippen molar-refractivity contribution in [3.8, 4) is 5.75 Å². The van der Waals surface area contributed by atoms with E-state index in [1.54, 1.807) is 0 Å². The Hall–Kier alpha value is -1.51. The minimum atomic E-state index is 0.285. The lowest BCUT2D eigenvalue weighted by Crippen LogP contribution is -2.19. The van der Waals surface area contributed by atoms with E-state index in [9.17, 15) is 0 Å². The first-order chi connectivity index (χ1) is 7.85. The van der Waals surface area contributed by atoms with Gasteiger partial charge in [-0.05, 0) is 24.8 Å². The smallest absolute Gasteiger partial charge is 0.357 e. The molecule has 0 atom stereocenters. The third-order valence-electron chi connectivity index (χ3n) is 2.80. The van der Waals surface area contributed by atoms with Crippen LogP contribution >= 0.6 is 0 Å². The number of pyridine rings is 1. The summed E-state index contributed by atoms with van der Waals surface area (Å²) in [6, 6.07) is 10.1. The summed E-state index contributed by atoms with van der Waals surface area (Å²) in [4.78, 5) is 4.38. The van der Waals surface area contributed by atoms with Gasteiger partial charge in [0.15, 0.2) is 0 Å². The van der Waals surface area contributed by atoms with Crippen molar-refractivity contribution in [1.82, 2.24) is 4.98 Å². The van der Waals surface area contributed by atoms with Crippen LogP contribution < -0.4 is 4.65 Å². The first-order valence-electron chi connectivity index (χ1n) is 5.85. The van der Waals surface area contributed by atoms with Gasteiger partial charge in [-0.1, -0.05) is 32.0 Å². The number of fused-ring (bicyclic) bond motifs is 1. The van der Waals surface area contributed by atoms with E-state index in [0.29, 0.717) is 0 Å². The second-order valence-corrected chi connectivity index (χ2v) is 3.89. The van der Waals surface area contributed by atoms with E-state index in [2.05, 4.69) is 31.0 Å². The molecule has 16 heavy (non-hydrogen) atoms. The maximum Gasteiger partial charge on any atom is 0.357 e. The van der Waals surface area contributed by atoms with Gasteiger partial charge in [0.25, 0.3) is 0 Å². The van der Waals surface area contributed by atoms with Crippen molar-refractivity contribution < 1.29 is 4.65 Å². The molecule has 0 saturated carbocycles. The minimum absolute atomic E-state index is 0.285. The summed E-state index contributed by atoms with van der Waals surface area (Å²) in [5.41, 5.74) is 0.955. The van der Waals surface area contributed by atoms with E-state index in [1.165, 1.54) is 0 Å². The largest absolute Gasteiger partial charge is 0.559 e. The third kappa shape index (κ3) is 2.18. The quantitative estimate of drug-likeness (QED) is 0.723. The van der Waals surface area contributed by atoms with Gasteiger partial charge in [0.05, 0.1) is 0 Å². The summed E-state index contributed by atoms with van der Waals surface area (Å²) < 4.78 is 5.96. The lowest BCUT2D eigenvalue weighted by molar-refractivity contribution is 0.571. The van der Waals surface area contributed by atoms with Crippen molar-refractivity contribution in [2.24, 2.45) is 0 Å². The number of hydrogen-bond donors (Lipinski definition) is 0. The van der Waals surface area contributed by atoms with E-state index >= 15 is 0 Å². The molecule has 3 heteroatoms. The van der Waals surface area contributed by atoms with Gasteiger partial charge in [0.1, 0.15) is 11.3 Å². The molecule has 0 spiro atoms. The summed E-state index contributed by atoms with van der Waals surface area (Å²) in [6.07, 6.45) is 3.86. The predicted molar refractivity (Wildman–Crippen MR) is 69.1 cm³/mol. The molecule has 0 aliphatic rings. The maximum atomic E-state index is 5.96. The zero-order valence-corrected chi connectivity index (χ0v) is 9.81. The van der Waals surface area contributed by atoms with Crippen molar-refractivity contribution in [3.05, 3.63) is 36.5 Å². The molecular formula is C13H16BNO. The molecule has 0 N–H and O–H groups in total. The van der Waals surface area contributed by atoms with Gasteiger partial charge in [0.2, 0.25) is 0 Å². The van der Waals surface area contributed by atoms with Crippen molar-refractivity contribution in [1.29, 1.82) is 0 Å². The second kappa shape index (κ2) is 5.02. The van der Waals surface area contributed by atoms with Gasteiger partial charge in [-0.15, -0.1) is 0 Å². The summed E-state index contributed by atoms with van der Waals surface area (Å²) >= 11 is 0. The van der Waals surface area contributed by atoms with Crippen LogP contribution in [0.1, 0.15) is 13.8 Å². The average molecular weight is 213 g/mol. The molecule has 2 nitrogen and oxygen atoms in total. The molecule has 0 amide bonds. The number of hydrogen-bond acceptors (Lipinski definition) is 2. The first-order valence-corrected chi connectivity index (χ1v) is 5.85. The van der Waals surface area contributed by atoms with Crippen LogP contribution in [-0.2, 0) is 0 Å². The summed E-state index contributed by atoms with van der Waals surface area (Å²) in [6.45, 7) is 4.58. The topological polar surface area (TPSA) is 22.1 Å². The number of para-hydroxylation sites is 1. The number of nitrogens with zero attached hydrogens (tertiary/aromatic N) is 1. The Bertz CT molecular complexity index is 463. The Balaban J connectivity index is 2.36. The lowest BCUT2D eigenvalue weighted by Gasteiger charge is -2.13. The molecule has 1 aromatic carbocycles. The van der Waals surface area contributed by atoms with Gasteiger partial charge >= 0.3 is 6.92 Å². The zero-order chi connectivity index (χ0) is 11.4. The summed E-state index contributed by atoms with van der Waals surface area (Å²) in [5.74, 6) is 0.895. The Morgan fingerprint density at radius 1 is 1.12 bits per heavy atom. The van der Waals surface area contributed by atoms with Crippen LogP contribution in [0, 0.1) is 0 Å². The van der Waals surface area contributed by atoms with Crippen molar-refractivity contribution >= 4 is 17.8 Å². The molecule has 0 fully saturated rings. The summed E-state index contributed by atoms with van der Waals surface area (Å²) in [7, 11) is 0. The van der Waals surface area contributed by atoms with E-state index in [1.807, 2.05) is 24.4 Å². The average Bonchev–Trinajstić information content (AvgIpc) is 2.36. The van der Waals surface area contributed by atoms with Gasteiger partial charge in [-0.3, -0.25) is 4.98 Å². The van der Waals surface area contributed by atoms with E-state index in [4.69, 9.17) is 4.65 Å². The van der Waals surface area contributed by atoms with E-state index in [-0.39, 0.29) is 6.92 Å². The van der Waals surface area contributed by atoms with Crippen LogP contribution in [0.4, 0.5) is 0 Å². The molecule has 0 bridgehead atoms. The fourth-order valence-electron chi connectivity index (χ4n) is 1.81. The Kier molecular flexibility index (Phi) is 3.45. The molecule has 2 aromatic rings. The highest BCUT2D eigenvalue weighted by Gasteiger charge is 2.13. The Morgan fingerprint density at radius 2 is 1.88 bits per heavy atom.